The minimum atomic E-state index is 0.391. The van der Waals surface area contributed by atoms with E-state index in [-0.39, 0.29) is 0 Å². The van der Waals surface area contributed by atoms with Gasteiger partial charge in [-0.3, -0.25) is 0 Å². The summed E-state index contributed by atoms with van der Waals surface area (Å²) >= 11 is 5.95. The molecule has 0 bridgehead atoms. The number of halogens is 1. The van der Waals surface area contributed by atoms with Crippen molar-refractivity contribution in [3.8, 4) is 0 Å². The normalized spacial score (nSPS) is 22.2. The van der Waals surface area contributed by atoms with Crippen LogP contribution < -0.4 is 11.1 Å². The van der Waals surface area contributed by atoms with Crippen LogP contribution in [0.3, 0.4) is 0 Å². The second-order valence-corrected chi connectivity index (χ2v) is 4.21. The maximum absolute atomic E-state index is 5.95. The molecule has 1 aliphatic rings. The van der Waals surface area contributed by atoms with Crippen LogP contribution in [0.25, 0.3) is 0 Å². The highest BCUT2D eigenvalue weighted by atomic mass is 35.5. The third kappa shape index (κ3) is 2.02. The first-order valence-corrected chi connectivity index (χ1v) is 5.43. The van der Waals surface area contributed by atoms with E-state index >= 15 is 0 Å². The molecular formula is C11H15ClN2. The van der Waals surface area contributed by atoms with Gasteiger partial charge in [0.15, 0.2) is 0 Å². The Morgan fingerprint density at radius 2 is 2.21 bits per heavy atom. The minimum Gasteiger partial charge on any atom is -0.398 e. The molecule has 1 atom stereocenters. The smallest absolute Gasteiger partial charge is 0.0410 e. The summed E-state index contributed by atoms with van der Waals surface area (Å²) in [6.07, 6.45) is 3.69. The Kier molecular flexibility index (Phi) is 2.94. The van der Waals surface area contributed by atoms with Crippen molar-refractivity contribution in [3.05, 3.63) is 28.8 Å². The fraction of sp³-hybridized carbons (Fsp3) is 0.455. The maximum atomic E-state index is 5.95. The number of piperidine rings is 1. The Balaban J connectivity index is 2.24. The number of anilines is 1. The lowest BCUT2D eigenvalue weighted by Crippen LogP contribution is -2.27. The summed E-state index contributed by atoms with van der Waals surface area (Å²) in [6, 6.07) is 6.08. The van der Waals surface area contributed by atoms with E-state index in [0.717, 1.165) is 29.2 Å². The summed E-state index contributed by atoms with van der Waals surface area (Å²) in [5, 5.41) is 4.23. The van der Waals surface area contributed by atoms with E-state index in [1.54, 1.807) is 0 Å². The van der Waals surface area contributed by atoms with Crippen LogP contribution in [0.1, 0.15) is 30.9 Å². The number of nitrogen functional groups attached to an aromatic ring is 1. The van der Waals surface area contributed by atoms with Crippen molar-refractivity contribution in [1.29, 1.82) is 0 Å². The van der Waals surface area contributed by atoms with Gasteiger partial charge in [-0.1, -0.05) is 18.0 Å². The molecule has 3 N–H and O–H groups in total. The van der Waals surface area contributed by atoms with E-state index in [1.165, 1.54) is 12.8 Å². The summed E-state index contributed by atoms with van der Waals surface area (Å²) in [7, 11) is 0. The van der Waals surface area contributed by atoms with Gasteiger partial charge in [-0.15, -0.1) is 0 Å². The molecule has 3 heteroatoms. The zero-order valence-electron chi connectivity index (χ0n) is 8.09. The van der Waals surface area contributed by atoms with Crippen molar-refractivity contribution in [2.45, 2.75) is 25.3 Å². The molecule has 1 heterocycles. The van der Waals surface area contributed by atoms with Gasteiger partial charge in [0.2, 0.25) is 0 Å². The third-order valence-electron chi connectivity index (χ3n) is 2.73. The van der Waals surface area contributed by atoms with Crippen molar-refractivity contribution in [3.63, 3.8) is 0 Å². The first kappa shape index (κ1) is 9.81. The standard InChI is InChI=1S/C11H15ClN2/c12-8-4-5-10(13)9(7-8)11-3-1-2-6-14-11/h4-5,7,11,14H,1-3,6,13H2/t11-/m0/s1. The average molecular weight is 211 g/mol. The molecule has 1 aromatic carbocycles. The number of benzene rings is 1. The van der Waals surface area contributed by atoms with E-state index in [0.29, 0.717) is 6.04 Å². The highest BCUT2D eigenvalue weighted by molar-refractivity contribution is 6.30. The van der Waals surface area contributed by atoms with Crippen molar-refractivity contribution in [2.24, 2.45) is 0 Å². The zero-order chi connectivity index (χ0) is 9.97. The molecule has 0 radical (unpaired) electrons. The SMILES string of the molecule is Nc1ccc(Cl)cc1[C@@H]1CCCCN1. The molecule has 1 fully saturated rings. The molecule has 0 saturated carbocycles. The van der Waals surface area contributed by atoms with Crippen LogP contribution in [0.15, 0.2) is 18.2 Å². The lowest BCUT2D eigenvalue weighted by Gasteiger charge is -2.25. The number of hydrogen-bond acceptors (Lipinski definition) is 2. The predicted octanol–water partition coefficient (Wildman–Crippen LogP) is 2.74. The predicted molar refractivity (Wildman–Crippen MR) is 60.5 cm³/mol. The summed E-state index contributed by atoms with van der Waals surface area (Å²) in [4.78, 5) is 0. The molecule has 14 heavy (non-hydrogen) atoms. The highest BCUT2D eigenvalue weighted by Crippen LogP contribution is 2.29. The van der Waals surface area contributed by atoms with E-state index in [9.17, 15) is 0 Å². The Hall–Kier alpha value is -0.730. The lowest BCUT2D eigenvalue weighted by atomic mass is 9.96. The zero-order valence-corrected chi connectivity index (χ0v) is 8.85. The fourth-order valence-electron chi connectivity index (χ4n) is 1.96. The van der Waals surface area contributed by atoms with Gasteiger partial charge in [0, 0.05) is 16.8 Å². The van der Waals surface area contributed by atoms with E-state index < -0.39 is 0 Å². The molecule has 0 amide bonds. The number of nitrogens with one attached hydrogen (secondary N) is 1. The van der Waals surface area contributed by atoms with E-state index in [2.05, 4.69) is 5.32 Å². The first-order valence-electron chi connectivity index (χ1n) is 5.05. The van der Waals surface area contributed by atoms with Gasteiger partial charge >= 0.3 is 0 Å². The molecule has 0 aliphatic carbocycles. The molecule has 2 rings (SSSR count). The largest absolute Gasteiger partial charge is 0.398 e. The molecule has 0 spiro atoms. The number of rotatable bonds is 1. The summed E-state index contributed by atoms with van der Waals surface area (Å²) in [5.74, 6) is 0. The highest BCUT2D eigenvalue weighted by Gasteiger charge is 2.16. The van der Waals surface area contributed by atoms with Crippen molar-refractivity contribution >= 4 is 17.3 Å². The number of hydrogen-bond donors (Lipinski definition) is 2. The van der Waals surface area contributed by atoms with Crippen molar-refractivity contribution in [2.75, 3.05) is 12.3 Å². The molecule has 1 aromatic rings. The quantitative estimate of drug-likeness (QED) is 0.700. The number of nitrogens with two attached hydrogens (primary N) is 1. The van der Waals surface area contributed by atoms with Crippen LogP contribution in [-0.2, 0) is 0 Å². The molecule has 0 unspecified atom stereocenters. The fourth-order valence-corrected chi connectivity index (χ4v) is 2.15. The van der Waals surface area contributed by atoms with Gasteiger partial charge in [0.05, 0.1) is 0 Å². The minimum absolute atomic E-state index is 0.391. The second-order valence-electron chi connectivity index (χ2n) is 3.78. The molecule has 2 nitrogen and oxygen atoms in total. The Bertz CT molecular complexity index is 319. The van der Waals surface area contributed by atoms with Crippen LogP contribution in [0, 0.1) is 0 Å². The molecule has 1 saturated heterocycles. The third-order valence-corrected chi connectivity index (χ3v) is 2.97. The van der Waals surface area contributed by atoms with Crippen LogP contribution in [-0.4, -0.2) is 6.54 Å². The monoisotopic (exact) mass is 210 g/mol. The van der Waals surface area contributed by atoms with Gasteiger partial charge in [-0.2, -0.15) is 0 Å². The van der Waals surface area contributed by atoms with Crippen LogP contribution >= 0.6 is 11.6 Å². The second kappa shape index (κ2) is 4.20. The van der Waals surface area contributed by atoms with Gasteiger partial charge in [-0.25, -0.2) is 0 Å². The Morgan fingerprint density at radius 1 is 1.36 bits per heavy atom. The van der Waals surface area contributed by atoms with Crippen molar-refractivity contribution < 1.29 is 0 Å². The summed E-state index contributed by atoms with van der Waals surface area (Å²) in [6.45, 7) is 1.08. The lowest BCUT2D eigenvalue weighted by molar-refractivity contribution is 0.413. The molecule has 76 valence electrons. The topological polar surface area (TPSA) is 38.0 Å². The van der Waals surface area contributed by atoms with E-state index in [1.807, 2.05) is 18.2 Å². The molecule has 1 aliphatic heterocycles. The Morgan fingerprint density at radius 3 is 2.93 bits per heavy atom. The molecular weight excluding hydrogens is 196 g/mol. The summed E-state index contributed by atoms with van der Waals surface area (Å²) in [5.41, 5.74) is 7.91. The maximum Gasteiger partial charge on any atom is 0.0410 e. The van der Waals surface area contributed by atoms with Crippen LogP contribution in [0.2, 0.25) is 5.02 Å². The van der Waals surface area contributed by atoms with Gasteiger partial charge in [-0.05, 0) is 43.1 Å². The Labute approximate surface area is 89.4 Å². The van der Waals surface area contributed by atoms with Crippen LogP contribution in [0.5, 0.6) is 0 Å². The molecule has 0 aromatic heterocycles. The van der Waals surface area contributed by atoms with Gasteiger partial charge in [0.25, 0.3) is 0 Å². The van der Waals surface area contributed by atoms with E-state index in [4.69, 9.17) is 17.3 Å². The summed E-state index contributed by atoms with van der Waals surface area (Å²) < 4.78 is 0. The van der Waals surface area contributed by atoms with Crippen LogP contribution in [0.4, 0.5) is 5.69 Å². The van der Waals surface area contributed by atoms with Gasteiger partial charge in [0.1, 0.15) is 0 Å². The first-order chi connectivity index (χ1) is 6.77. The van der Waals surface area contributed by atoms with Crippen molar-refractivity contribution in [1.82, 2.24) is 5.32 Å². The van der Waals surface area contributed by atoms with Gasteiger partial charge < -0.3 is 11.1 Å². The average Bonchev–Trinajstić information content (AvgIpc) is 2.23.